The molecule has 1 aromatic heterocycles. The minimum atomic E-state index is -0.602. The average molecular weight is 302 g/mol. The standard InChI is InChI=1S/C18H26N2O2/c1-2-3-4-5-8-11-22-18(21)16(19)12-14-13-20-17-10-7-6-9-15(14)17/h6-7,9-10,13,16,20H,2-5,8,11-12,19H2,1H3. The van der Waals surface area contributed by atoms with E-state index in [4.69, 9.17) is 10.5 Å². The number of para-hydroxylation sites is 1. The number of aromatic nitrogens is 1. The van der Waals surface area contributed by atoms with Crippen LogP contribution < -0.4 is 5.73 Å². The Balaban J connectivity index is 1.76. The lowest BCUT2D eigenvalue weighted by Crippen LogP contribution is -2.34. The monoisotopic (exact) mass is 302 g/mol. The third kappa shape index (κ3) is 4.60. The zero-order valence-corrected chi connectivity index (χ0v) is 13.3. The van der Waals surface area contributed by atoms with E-state index in [1.54, 1.807) is 0 Å². The third-order valence-electron chi connectivity index (χ3n) is 3.91. The topological polar surface area (TPSA) is 68.1 Å². The number of rotatable bonds is 9. The second-order valence-corrected chi connectivity index (χ2v) is 5.75. The number of unbranched alkanes of at least 4 members (excludes halogenated alkanes) is 4. The van der Waals surface area contributed by atoms with Gasteiger partial charge in [0.25, 0.3) is 0 Å². The number of ether oxygens (including phenoxy) is 1. The first-order valence-corrected chi connectivity index (χ1v) is 8.19. The lowest BCUT2D eigenvalue weighted by molar-refractivity contribution is -0.145. The predicted molar refractivity (Wildman–Crippen MR) is 89.7 cm³/mol. The maximum atomic E-state index is 11.9. The SMILES string of the molecule is CCCCCCCOC(=O)C(N)Cc1c[nH]c2ccccc12. The van der Waals surface area contributed by atoms with E-state index in [0.717, 1.165) is 29.3 Å². The number of nitrogens with two attached hydrogens (primary N) is 1. The van der Waals surface area contributed by atoms with Gasteiger partial charge in [0.2, 0.25) is 0 Å². The number of hydrogen-bond acceptors (Lipinski definition) is 3. The number of nitrogens with one attached hydrogen (secondary N) is 1. The third-order valence-corrected chi connectivity index (χ3v) is 3.91. The van der Waals surface area contributed by atoms with Gasteiger partial charge in [-0.05, 0) is 18.1 Å². The fourth-order valence-corrected chi connectivity index (χ4v) is 2.61. The molecule has 0 aliphatic carbocycles. The van der Waals surface area contributed by atoms with Gasteiger partial charge in [-0.2, -0.15) is 0 Å². The summed E-state index contributed by atoms with van der Waals surface area (Å²) in [5, 5.41) is 1.12. The number of fused-ring (bicyclic) bond motifs is 1. The van der Waals surface area contributed by atoms with Crippen LogP contribution in [0.25, 0.3) is 10.9 Å². The zero-order chi connectivity index (χ0) is 15.8. The summed E-state index contributed by atoms with van der Waals surface area (Å²) in [5.74, 6) is -0.305. The Morgan fingerprint density at radius 3 is 2.82 bits per heavy atom. The van der Waals surface area contributed by atoms with Crippen LogP contribution in [0.5, 0.6) is 0 Å². The van der Waals surface area contributed by atoms with Crippen LogP contribution >= 0.6 is 0 Å². The normalized spacial score (nSPS) is 12.5. The Morgan fingerprint density at radius 1 is 1.23 bits per heavy atom. The Hall–Kier alpha value is -1.81. The molecule has 22 heavy (non-hydrogen) atoms. The number of carbonyl (C=O) groups excluding carboxylic acids is 1. The van der Waals surface area contributed by atoms with Gasteiger partial charge in [-0.1, -0.05) is 50.8 Å². The molecule has 1 unspecified atom stereocenters. The largest absolute Gasteiger partial charge is 0.465 e. The number of carbonyl (C=O) groups is 1. The van der Waals surface area contributed by atoms with Gasteiger partial charge >= 0.3 is 5.97 Å². The van der Waals surface area contributed by atoms with Crippen LogP contribution in [0.15, 0.2) is 30.5 Å². The molecule has 0 bridgehead atoms. The van der Waals surface area contributed by atoms with E-state index in [1.807, 2.05) is 30.5 Å². The Bertz CT molecular complexity index is 592. The van der Waals surface area contributed by atoms with Gasteiger partial charge in [0.15, 0.2) is 0 Å². The zero-order valence-electron chi connectivity index (χ0n) is 13.3. The Morgan fingerprint density at radius 2 is 2.00 bits per heavy atom. The van der Waals surface area contributed by atoms with E-state index in [0.29, 0.717) is 13.0 Å². The van der Waals surface area contributed by atoms with Crippen LogP contribution in [0.2, 0.25) is 0 Å². The first kappa shape index (κ1) is 16.6. The summed E-state index contributed by atoms with van der Waals surface area (Å²) in [7, 11) is 0. The first-order valence-electron chi connectivity index (χ1n) is 8.19. The molecule has 0 aliphatic rings. The number of benzene rings is 1. The molecule has 0 amide bonds. The molecule has 1 heterocycles. The van der Waals surface area contributed by atoms with Crippen molar-refractivity contribution >= 4 is 16.9 Å². The van der Waals surface area contributed by atoms with E-state index in [2.05, 4.69) is 11.9 Å². The van der Waals surface area contributed by atoms with Crippen LogP contribution in [0, 0.1) is 0 Å². The molecular formula is C18H26N2O2. The number of hydrogen-bond donors (Lipinski definition) is 2. The van der Waals surface area contributed by atoms with Crippen molar-refractivity contribution in [2.45, 2.75) is 51.5 Å². The molecule has 0 saturated heterocycles. The van der Waals surface area contributed by atoms with Crippen LogP contribution in [-0.2, 0) is 16.0 Å². The molecule has 1 atom stereocenters. The van der Waals surface area contributed by atoms with E-state index in [9.17, 15) is 4.79 Å². The van der Waals surface area contributed by atoms with Crippen molar-refractivity contribution in [1.29, 1.82) is 0 Å². The summed E-state index contributed by atoms with van der Waals surface area (Å²) in [6.07, 6.45) is 8.12. The van der Waals surface area contributed by atoms with E-state index in [1.165, 1.54) is 19.3 Å². The van der Waals surface area contributed by atoms with Crippen molar-refractivity contribution in [3.8, 4) is 0 Å². The molecule has 0 aliphatic heterocycles. The van der Waals surface area contributed by atoms with Gasteiger partial charge in [0.05, 0.1) is 6.61 Å². The highest BCUT2D eigenvalue weighted by Crippen LogP contribution is 2.19. The van der Waals surface area contributed by atoms with Gasteiger partial charge < -0.3 is 15.5 Å². The van der Waals surface area contributed by atoms with Crippen LogP contribution in [-0.4, -0.2) is 23.6 Å². The highest BCUT2D eigenvalue weighted by atomic mass is 16.5. The molecule has 0 fully saturated rings. The van der Waals surface area contributed by atoms with Crippen molar-refractivity contribution in [1.82, 2.24) is 4.98 Å². The number of aromatic amines is 1. The van der Waals surface area contributed by atoms with Gasteiger partial charge in [0, 0.05) is 23.5 Å². The predicted octanol–water partition coefficient (Wildman–Crippen LogP) is 3.55. The lowest BCUT2D eigenvalue weighted by atomic mass is 10.1. The maximum Gasteiger partial charge on any atom is 0.323 e. The van der Waals surface area contributed by atoms with E-state index in [-0.39, 0.29) is 5.97 Å². The van der Waals surface area contributed by atoms with Gasteiger partial charge in [-0.25, -0.2) is 0 Å². The molecule has 1 aromatic carbocycles. The molecule has 3 N–H and O–H groups in total. The minimum absolute atomic E-state index is 0.305. The fraction of sp³-hybridized carbons (Fsp3) is 0.500. The molecule has 0 saturated carbocycles. The lowest BCUT2D eigenvalue weighted by Gasteiger charge is -2.11. The maximum absolute atomic E-state index is 11.9. The van der Waals surface area contributed by atoms with Gasteiger partial charge in [-0.3, -0.25) is 4.79 Å². The first-order chi connectivity index (χ1) is 10.7. The van der Waals surface area contributed by atoms with E-state index < -0.39 is 6.04 Å². The highest BCUT2D eigenvalue weighted by molar-refractivity contribution is 5.84. The molecule has 0 radical (unpaired) electrons. The van der Waals surface area contributed by atoms with Crippen LogP contribution in [0.3, 0.4) is 0 Å². The summed E-state index contributed by atoms with van der Waals surface area (Å²) < 4.78 is 5.27. The Labute approximate surface area is 132 Å². The molecule has 0 spiro atoms. The minimum Gasteiger partial charge on any atom is -0.465 e. The molecule has 120 valence electrons. The average Bonchev–Trinajstić information content (AvgIpc) is 2.94. The molecule has 2 rings (SSSR count). The van der Waals surface area contributed by atoms with Gasteiger partial charge in [0.1, 0.15) is 6.04 Å². The summed E-state index contributed by atoms with van der Waals surface area (Å²) in [5.41, 5.74) is 8.10. The quantitative estimate of drug-likeness (QED) is 0.550. The fourth-order valence-electron chi connectivity index (χ4n) is 2.61. The van der Waals surface area contributed by atoms with Crippen LogP contribution in [0.4, 0.5) is 0 Å². The summed E-state index contributed by atoms with van der Waals surface area (Å²) in [4.78, 5) is 15.1. The second-order valence-electron chi connectivity index (χ2n) is 5.75. The summed E-state index contributed by atoms with van der Waals surface area (Å²) in [6, 6.07) is 7.41. The second kappa shape index (κ2) is 8.59. The van der Waals surface area contributed by atoms with Gasteiger partial charge in [-0.15, -0.1) is 0 Å². The van der Waals surface area contributed by atoms with Crippen molar-refractivity contribution in [3.05, 3.63) is 36.0 Å². The number of H-pyrrole nitrogens is 1. The smallest absolute Gasteiger partial charge is 0.323 e. The van der Waals surface area contributed by atoms with Crippen LogP contribution in [0.1, 0.15) is 44.6 Å². The van der Waals surface area contributed by atoms with Crippen molar-refractivity contribution < 1.29 is 9.53 Å². The van der Waals surface area contributed by atoms with Crippen molar-refractivity contribution in [2.75, 3.05) is 6.61 Å². The molecule has 4 nitrogen and oxygen atoms in total. The number of esters is 1. The van der Waals surface area contributed by atoms with Crippen molar-refractivity contribution in [2.24, 2.45) is 5.73 Å². The van der Waals surface area contributed by atoms with E-state index >= 15 is 0 Å². The van der Waals surface area contributed by atoms with Crippen molar-refractivity contribution in [3.63, 3.8) is 0 Å². The molecular weight excluding hydrogens is 276 g/mol. The molecule has 2 aromatic rings. The molecule has 4 heteroatoms. The summed E-state index contributed by atoms with van der Waals surface area (Å²) >= 11 is 0. The summed E-state index contributed by atoms with van der Waals surface area (Å²) in [6.45, 7) is 2.66. The highest BCUT2D eigenvalue weighted by Gasteiger charge is 2.17. The Kier molecular flexibility index (Phi) is 6.46.